The van der Waals surface area contributed by atoms with Crippen LogP contribution in [0.3, 0.4) is 0 Å². The molecule has 0 amide bonds. The lowest BCUT2D eigenvalue weighted by atomic mass is 9.64. The predicted octanol–water partition coefficient (Wildman–Crippen LogP) is 2.10. The van der Waals surface area contributed by atoms with Gasteiger partial charge in [-0.25, -0.2) is 0 Å². The second-order valence-corrected chi connectivity index (χ2v) is 6.24. The fraction of sp³-hybridized carbons (Fsp3) is 0.933. The summed E-state index contributed by atoms with van der Waals surface area (Å²) in [6, 6.07) is 0.520. The number of nitrogens with zero attached hydrogens (tertiary/aromatic N) is 1. The summed E-state index contributed by atoms with van der Waals surface area (Å²) >= 11 is 0. The van der Waals surface area contributed by atoms with Crippen molar-refractivity contribution >= 4 is 5.78 Å². The first-order valence-electron chi connectivity index (χ1n) is 7.65. The van der Waals surface area contributed by atoms with Crippen LogP contribution in [0, 0.1) is 17.8 Å². The van der Waals surface area contributed by atoms with Crippen molar-refractivity contribution in [2.24, 2.45) is 17.8 Å². The molecule has 4 unspecified atom stereocenters. The van der Waals surface area contributed by atoms with E-state index in [1.807, 2.05) is 0 Å². The van der Waals surface area contributed by atoms with Crippen molar-refractivity contribution in [3.8, 4) is 0 Å². The number of Topliss-reactive ketones (excluding diaryl/α,β-unsaturated/α-hetero) is 1. The molecule has 0 spiro atoms. The van der Waals surface area contributed by atoms with Crippen LogP contribution >= 0.6 is 0 Å². The maximum Gasteiger partial charge on any atom is 0.140 e. The highest BCUT2D eigenvalue weighted by molar-refractivity contribution is 5.85. The Morgan fingerprint density at radius 1 is 1.22 bits per heavy atom. The molecule has 3 nitrogen and oxygen atoms in total. The third-order valence-electron chi connectivity index (χ3n) is 5.34. The first kappa shape index (κ1) is 12.6. The van der Waals surface area contributed by atoms with Crippen LogP contribution in [0.4, 0.5) is 0 Å². The van der Waals surface area contributed by atoms with Crippen LogP contribution in [0.5, 0.6) is 0 Å². The first-order chi connectivity index (χ1) is 8.79. The van der Waals surface area contributed by atoms with Crippen LogP contribution in [-0.2, 0) is 9.53 Å². The summed E-state index contributed by atoms with van der Waals surface area (Å²) in [6.07, 6.45) is 5.93. The summed E-state index contributed by atoms with van der Waals surface area (Å²) in [4.78, 5) is 15.0. The van der Waals surface area contributed by atoms with Crippen LogP contribution in [0.25, 0.3) is 0 Å². The van der Waals surface area contributed by atoms with Gasteiger partial charge in [-0.2, -0.15) is 0 Å². The average Bonchev–Trinajstić information content (AvgIpc) is 2.40. The molecule has 2 aliphatic carbocycles. The molecule has 3 heteroatoms. The van der Waals surface area contributed by atoms with Crippen LogP contribution in [0.2, 0.25) is 0 Å². The number of carbonyl (C=O) groups excluding carboxylic acids is 1. The smallest absolute Gasteiger partial charge is 0.140 e. The van der Waals surface area contributed by atoms with Gasteiger partial charge in [0.15, 0.2) is 0 Å². The second-order valence-electron chi connectivity index (χ2n) is 6.24. The lowest BCUT2D eigenvalue weighted by Crippen LogP contribution is -2.54. The Balaban J connectivity index is 1.73. The predicted molar refractivity (Wildman–Crippen MR) is 70.4 cm³/mol. The number of hydrogen-bond acceptors (Lipinski definition) is 3. The average molecular weight is 251 g/mol. The lowest BCUT2D eigenvalue weighted by molar-refractivity contribution is -0.139. The van der Waals surface area contributed by atoms with Gasteiger partial charge in [0.1, 0.15) is 5.78 Å². The van der Waals surface area contributed by atoms with E-state index >= 15 is 0 Å². The van der Waals surface area contributed by atoms with E-state index in [2.05, 4.69) is 11.8 Å². The molecule has 0 N–H and O–H groups in total. The van der Waals surface area contributed by atoms with Crippen molar-refractivity contribution in [2.75, 3.05) is 26.3 Å². The summed E-state index contributed by atoms with van der Waals surface area (Å²) in [7, 11) is 0. The molecule has 3 fully saturated rings. The minimum absolute atomic E-state index is 0.334. The molecule has 0 aromatic rings. The Morgan fingerprint density at radius 3 is 2.72 bits per heavy atom. The topological polar surface area (TPSA) is 29.5 Å². The van der Waals surface area contributed by atoms with Crippen molar-refractivity contribution in [1.82, 2.24) is 4.90 Å². The summed E-state index contributed by atoms with van der Waals surface area (Å²) < 4.78 is 5.44. The molecule has 4 atom stereocenters. The molecule has 1 aliphatic heterocycles. The SMILES string of the molecule is CCC1CC2CCC(N3CCOCC3)C(C1)C2=O. The fourth-order valence-corrected chi connectivity index (χ4v) is 4.25. The molecule has 0 radical (unpaired) electrons. The van der Waals surface area contributed by atoms with Crippen molar-refractivity contribution in [3.05, 3.63) is 0 Å². The van der Waals surface area contributed by atoms with Gasteiger partial charge in [-0.3, -0.25) is 9.69 Å². The number of morpholine rings is 1. The zero-order chi connectivity index (χ0) is 12.5. The highest BCUT2D eigenvalue weighted by Crippen LogP contribution is 2.43. The number of fused-ring (bicyclic) bond motifs is 2. The second kappa shape index (κ2) is 5.30. The number of ether oxygens (including phenoxy) is 1. The van der Waals surface area contributed by atoms with Crippen molar-refractivity contribution in [1.29, 1.82) is 0 Å². The zero-order valence-corrected chi connectivity index (χ0v) is 11.4. The van der Waals surface area contributed by atoms with E-state index in [-0.39, 0.29) is 0 Å². The molecule has 2 bridgehead atoms. The first-order valence-corrected chi connectivity index (χ1v) is 7.65. The van der Waals surface area contributed by atoms with Crippen molar-refractivity contribution in [3.63, 3.8) is 0 Å². The van der Waals surface area contributed by atoms with E-state index in [4.69, 9.17) is 4.74 Å². The standard InChI is InChI=1S/C15H25NO2/c1-2-11-9-12-3-4-14(13(10-11)15(12)17)16-5-7-18-8-6-16/h11-14H,2-10H2,1H3. The molecule has 18 heavy (non-hydrogen) atoms. The van der Waals surface area contributed by atoms with E-state index in [1.165, 1.54) is 19.3 Å². The maximum absolute atomic E-state index is 12.5. The van der Waals surface area contributed by atoms with E-state index in [0.29, 0.717) is 23.7 Å². The normalized spacial score (nSPS) is 41.9. The van der Waals surface area contributed by atoms with E-state index in [9.17, 15) is 4.79 Å². The molecule has 0 aromatic heterocycles. The Labute approximate surface area is 110 Å². The number of carbonyl (C=O) groups is 1. The molecule has 102 valence electrons. The molecule has 0 aromatic carbocycles. The summed E-state index contributed by atoms with van der Waals surface area (Å²) in [5.74, 6) is 2.11. The van der Waals surface area contributed by atoms with Gasteiger partial charge < -0.3 is 4.74 Å². The molecular formula is C15H25NO2. The largest absolute Gasteiger partial charge is 0.379 e. The molecule has 1 saturated heterocycles. The van der Waals surface area contributed by atoms with Crippen molar-refractivity contribution < 1.29 is 9.53 Å². The van der Waals surface area contributed by atoms with Crippen LogP contribution in [-0.4, -0.2) is 43.0 Å². The Kier molecular flexibility index (Phi) is 3.71. The number of ketones is 1. The molecule has 1 heterocycles. The van der Waals surface area contributed by atoms with Gasteiger partial charge in [0.2, 0.25) is 0 Å². The van der Waals surface area contributed by atoms with Gasteiger partial charge in [-0.05, 0) is 31.6 Å². The minimum atomic E-state index is 0.334. The maximum atomic E-state index is 12.5. The van der Waals surface area contributed by atoms with Gasteiger partial charge in [-0.1, -0.05) is 13.3 Å². The van der Waals surface area contributed by atoms with Gasteiger partial charge >= 0.3 is 0 Å². The van der Waals surface area contributed by atoms with Crippen LogP contribution in [0.15, 0.2) is 0 Å². The molecule has 2 saturated carbocycles. The third-order valence-corrected chi connectivity index (χ3v) is 5.34. The zero-order valence-electron chi connectivity index (χ0n) is 11.4. The molecule has 3 rings (SSSR count). The van der Waals surface area contributed by atoms with Gasteiger partial charge in [0.05, 0.1) is 13.2 Å². The summed E-state index contributed by atoms with van der Waals surface area (Å²) in [5, 5.41) is 0. The monoisotopic (exact) mass is 251 g/mol. The van der Waals surface area contributed by atoms with E-state index < -0.39 is 0 Å². The summed E-state index contributed by atoms with van der Waals surface area (Å²) in [6.45, 7) is 6.02. The Hall–Kier alpha value is -0.410. The minimum Gasteiger partial charge on any atom is -0.379 e. The Morgan fingerprint density at radius 2 is 2.00 bits per heavy atom. The lowest BCUT2D eigenvalue weighted by Gasteiger charge is -2.47. The van der Waals surface area contributed by atoms with E-state index in [1.54, 1.807) is 0 Å². The quantitative estimate of drug-likeness (QED) is 0.753. The number of hydrogen-bond donors (Lipinski definition) is 0. The highest BCUT2D eigenvalue weighted by atomic mass is 16.5. The van der Waals surface area contributed by atoms with Gasteiger partial charge in [0.25, 0.3) is 0 Å². The highest BCUT2D eigenvalue weighted by Gasteiger charge is 2.45. The molecule has 3 aliphatic rings. The number of rotatable bonds is 2. The third kappa shape index (κ3) is 2.23. The van der Waals surface area contributed by atoms with Crippen LogP contribution in [0.1, 0.15) is 39.0 Å². The Bertz CT molecular complexity index is 312. The fourth-order valence-electron chi connectivity index (χ4n) is 4.25. The molecular weight excluding hydrogens is 226 g/mol. The summed E-state index contributed by atoms with van der Waals surface area (Å²) in [5.41, 5.74) is 0. The van der Waals surface area contributed by atoms with Crippen molar-refractivity contribution in [2.45, 2.75) is 45.1 Å². The van der Waals surface area contributed by atoms with E-state index in [0.717, 1.165) is 45.1 Å². The van der Waals surface area contributed by atoms with Gasteiger partial charge in [0, 0.05) is 31.0 Å². The van der Waals surface area contributed by atoms with Gasteiger partial charge in [-0.15, -0.1) is 0 Å². The van der Waals surface area contributed by atoms with Crippen LogP contribution < -0.4 is 0 Å².